The Morgan fingerprint density at radius 3 is 2.50 bits per heavy atom. The highest BCUT2D eigenvalue weighted by molar-refractivity contribution is 5.67. The van der Waals surface area contributed by atoms with Crippen molar-refractivity contribution in [2.24, 2.45) is 11.8 Å². The number of nitrogens with one attached hydrogen (secondary N) is 2. The summed E-state index contributed by atoms with van der Waals surface area (Å²) in [5, 5.41) is 6.63. The fraction of sp³-hybridized carbons (Fsp3) is 0.941. The third kappa shape index (κ3) is 6.97. The number of rotatable bonds is 7. The van der Waals surface area contributed by atoms with Crippen LogP contribution in [0.3, 0.4) is 0 Å². The van der Waals surface area contributed by atoms with E-state index < -0.39 is 5.60 Å². The molecule has 2 N–H and O–H groups in total. The molecule has 5 nitrogen and oxygen atoms in total. The van der Waals surface area contributed by atoms with Gasteiger partial charge in [0, 0.05) is 25.7 Å². The lowest BCUT2D eigenvalue weighted by Crippen LogP contribution is -2.48. The van der Waals surface area contributed by atoms with Gasteiger partial charge in [0.2, 0.25) is 0 Å². The van der Waals surface area contributed by atoms with Crippen LogP contribution in [0.25, 0.3) is 0 Å². The number of alkyl carbamates (subject to hydrolysis) is 1. The molecular weight excluding hydrogens is 280 g/mol. The van der Waals surface area contributed by atoms with E-state index in [4.69, 9.17) is 9.47 Å². The molecule has 1 rings (SSSR count). The summed E-state index contributed by atoms with van der Waals surface area (Å²) in [6.07, 6.45) is 3.19. The van der Waals surface area contributed by atoms with E-state index in [-0.39, 0.29) is 6.09 Å². The monoisotopic (exact) mass is 314 g/mol. The molecule has 1 fully saturated rings. The van der Waals surface area contributed by atoms with Gasteiger partial charge < -0.3 is 20.1 Å². The van der Waals surface area contributed by atoms with Gasteiger partial charge in [0.25, 0.3) is 0 Å². The van der Waals surface area contributed by atoms with Crippen molar-refractivity contribution in [2.75, 3.05) is 20.3 Å². The van der Waals surface area contributed by atoms with Crippen molar-refractivity contribution in [3.63, 3.8) is 0 Å². The zero-order chi connectivity index (χ0) is 16.8. The smallest absolute Gasteiger partial charge is 0.407 e. The Morgan fingerprint density at radius 1 is 1.27 bits per heavy atom. The number of carbonyl (C=O) groups excluding carboxylic acids is 1. The molecule has 1 amide bonds. The van der Waals surface area contributed by atoms with Crippen molar-refractivity contribution in [1.82, 2.24) is 10.6 Å². The summed E-state index contributed by atoms with van der Waals surface area (Å²) in [6, 6.07) is 0.801. The Bertz CT molecular complexity index is 339. The first-order valence-electron chi connectivity index (χ1n) is 8.44. The highest BCUT2D eigenvalue weighted by Gasteiger charge is 2.30. The summed E-state index contributed by atoms with van der Waals surface area (Å²) in [5.41, 5.74) is -0.446. The van der Waals surface area contributed by atoms with Crippen LogP contribution < -0.4 is 10.6 Å². The SMILES string of the molecule is COCC(NC1CCCC1CNC(=O)OC(C)(C)C)C(C)C. The van der Waals surface area contributed by atoms with Crippen molar-refractivity contribution in [1.29, 1.82) is 0 Å². The molecule has 22 heavy (non-hydrogen) atoms. The second kappa shape index (κ2) is 8.73. The third-order valence-electron chi connectivity index (χ3n) is 4.15. The van der Waals surface area contributed by atoms with E-state index in [9.17, 15) is 4.79 Å². The number of carbonyl (C=O) groups is 1. The molecule has 1 aliphatic carbocycles. The molecule has 0 saturated heterocycles. The van der Waals surface area contributed by atoms with Gasteiger partial charge in [-0.1, -0.05) is 20.3 Å². The predicted octanol–water partition coefficient (Wildman–Crippen LogP) is 2.94. The minimum atomic E-state index is -0.446. The van der Waals surface area contributed by atoms with Gasteiger partial charge in [-0.25, -0.2) is 4.79 Å². The Kier molecular flexibility index (Phi) is 7.63. The normalized spacial score (nSPS) is 23.6. The molecule has 3 unspecified atom stereocenters. The molecule has 5 heteroatoms. The van der Waals surface area contributed by atoms with Gasteiger partial charge in [0.05, 0.1) is 6.61 Å². The van der Waals surface area contributed by atoms with Crippen molar-refractivity contribution >= 4 is 6.09 Å². The topological polar surface area (TPSA) is 59.6 Å². The van der Waals surface area contributed by atoms with E-state index in [1.165, 1.54) is 6.42 Å². The number of hydrogen-bond donors (Lipinski definition) is 2. The van der Waals surface area contributed by atoms with E-state index in [0.717, 1.165) is 19.4 Å². The minimum absolute atomic E-state index is 0.324. The molecule has 1 saturated carbocycles. The van der Waals surface area contributed by atoms with Crippen molar-refractivity contribution < 1.29 is 14.3 Å². The summed E-state index contributed by atoms with van der Waals surface area (Å²) in [4.78, 5) is 11.8. The lowest BCUT2D eigenvalue weighted by atomic mass is 9.99. The van der Waals surface area contributed by atoms with Gasteiger partial charge in [-0.05, 0) is 45.4 Å². The lowest BCUT2D eigenvalue weighted by Gasteiger charge is -2.29. The Balaban J connectivity index is 2.44. The molecule has 0 aromatic carbocycles. The standard InChI is InChI=1S/C17H34N2O3/c1-12(2)15(11-21-6)19-14-9-7-8-13(14)10-18-16(20)22-17(3,4)5/h12-15,19H,7-11H2,1-6H3,(H,18,20). The van der Waals surface area contributed by atoms with Crippen LogP contribution in [0.2, 0.25) is 0 Å². The molecule has 0 bridgehead atoms. The van der Waals surface area contributed by atoms with Crippen LogP contribution in [0.15, 0.2) is 0 Å². The maximum atomic E-state index is 11.8. The van der Waals surface area contributed by atoms with Crippen LogP contribution in [-0.2, 0) is 9.47 Å². The molecule has 1 aliphatic rings. The Hall–Kier alpha value is -0.810. The molecule has 0 aromatic heterocycles. The third-order valence-corrected chi connectivity index (χ3v) is 4.15. The van der Waals surface area contributed by atoms with Gasteiger partial charge in [-0.15, -0.1) is 0 Å². The largest absolute Gasteiger partial charge is 0.444 e. The number of hydrogen-bond acceptors (Lipinski definition) is 4. The molecule has 3 atom stereocenters. The van der Waals surface area contributed by atoms with Crippen molar-refractivity contribution in [2.45, 2.75) is 71.6 Å². The Labute approximate surface area is 135 Å². The fourth-order valence-electron chi connectivity index (χ4n) is 2.92. The first kappa shape index (κ1) is 19.2. The van der Waals surface area contributed by atoms with E-state index >= 15 is 0 Å². The van der Waals surface area contributed by atoms with Gasteiger partial charge in [-0.2, -0.15) is 0 Å². The summed E-state index contributed by atoms with van der Waals surface area (Å²) in [6.45, 7) is 11.4. The second-order valence-electron chi connectivity index (χ2n) is 7.65. The number of amides is 1. The fourth-order valence-corrected chi connectivity index (χ4v) is 2.92. The summed E-state index contributed by atoms with van der Waals surface area (Å²) >= 11 is 0. The first-order valence-corrected chi connectivity index (χ1v) is 8.44. The maximum absolute atomic E-state index is 11.8. The predicted molar refractivity (Wildman–Crippen MR) is 89.0 cm³/mol. The van der Waals surface area contributed by atoms with E-state index in [0.29, 0.717) is 30.5 Å². The molecule has 0 aromatic rings. The summed E-state index contributed by atoms with van der Waals surface area (Å²) in [7, 11) is 1.74. The van der Waals surface area contributed by atoms with Crippen LogP contribution in [0.4, 0.5) is 4.79 Å². The molecular formula is C17H34N2O3. The van der Waals surface area contributed by atoms with Gasteiger partial charge in [0.15, 0.2) is 0 Å². The first-order chi connectivity index (χ1) is 10.2. The average Bonchev–Trinajstić information content (AvgIpc) is 2.81. The van der Waals surface area contributed by atoms with E-state index in [1.54, 1.807) is 7.11 Å². The highest BCUT2D eigenvalue weighted by Crippen LogP contribution is 2.26. The minimum Gasteiger partial charge on any atom is -0.444 e. The zero-order valence-corrected chi connectivity index (χ0v) is 15.1. The molecule has 0 aliphatic heterocycles. The van der Waals surface area contributed by atoms with Crippen LogP contribution in [0, 0.1) is 11.8 Å². The van der Waals surface area contributed by atoms with E-state index in [2.05, 4.69) is 24.5 Å². The summed E-state index contributed by atoms with van der Waals surface area (Å²) < 4.78 is 10.6. The van der Waals surface area contributed by atoms with Gasteiger partial charge in [-0.3, -0.25) is 0 Å². The van der Waals surface area contributed by atoms with Crippen LogP contribution in [0.1, 0.15) is 53.9 Å². The van der Waals surface area contributed by atoms with Crippen molar-refractivity contribution in [3.05, 3.63) is 0 Å². The van der Waals surface area contributed by atoms with Crippen LogP contribution in [-0.4, -0.2) is 44.0 Å². The lowest BCUT2D eigenvalue weighted by molar-refractivity contribution is 0.0515. The number of ether oxygens (including phenoxy) is 2. The van der Waals surface area contributed by atoms with E-state index in [1.807, 2.05) is 20.8 Å². The molecule has 0 radical (unpaired) electrons. The quantitative estimate of drug-likeness (QED) is 0.758. The Morgan fingerprint density at radius 2 is 1.95 bits per heavy atom. The van der Waals surface area contributed by atoms with Crippen molar-refractivity contribution in [3.8, 4) is 0 Å². The second-order valence-corrected chi connectivity index (χ2v) is 7.65. The number of methoxy groups -OCH3 is 1. The highest BCUT2D eigenvalue weighted by atomic mass is 16.6. The van der Waals surface area contributed by atoms with Gasteiger partial charge in [0.1, 0.15) is 5.60 Å². The molecule has 0 heterocycles. The average molecular weight is 314 g/mol. The molecule has 130 valence electrons. The van der Waals surface area contributed by atoms with Crippen LogP contribution in [0.5, 0.6) is 0 Å². The zero-order valence-electron chi connectivity index (χ0n) is 15.1. The molecule has 0 spiro atoms. The summed E-state index contributed by atoms with van der Waals surface area (Å²) in [5.74, 6) is 0.991. The van der Waals surface area contributed by atoms with Crippen LogP contribution >= 0.6 is 0 Å². The van der Waals surface area contributed by atoms with Gasteiger partial charge >= 0.3 is 6.09 Å². The maximum Gasteiger partial charge on any atom is 0.407 e.